The molecule has 2 aromatic carbocycles. The van der Waals surface area contributed by atoms with Crippen LogP contribution in [-0.2, 0) is 11.3 Å². The maximum absolute atomic E-state index is 12.7. The van der Waals surface area contributed by atoms with E-state index in [-0.39, 0.29) is 11.8 Å². The maximum atomic E-state index is 12.7. The molecule has 1 fully saturated rings. The molecule has 0 aliphatic carbocycles. The topological polar surface area (TPSA) is 50.2 Å². The number of carbonyl (C=O) groups is 1. The SMILES string of the molecule is CCCn1c(N2CCC(C(=O)Nc3ccc(C)cc3)CC2)nc2ccccc21. The van der Waals surface area contributed by atoms with Crippen molar-refractivity contribution in [3.63, 3.8) is 0 Å². The molecule has 28 heavy (non-hydrogen) atoms. The molecule has 1 aliphatic heterocycles. The fraction of sp³-hybridized carbons (Fsp3) is 0.391. The van der Waals surface area contributed by atoms with Gasteiger partial charge in [-0.25, -0.2) is 4.98 Å². The van der Waals surface area contributed by atoms with Gasteiger partial charge in [-0.1, -0.05) is 36.8 Å². The number of aryl methyl sites for hydroxylation is 2. The predicted octanol–water partition coefficient (Wildman–Crippen LogP) is 4.61. The van der Waals surface area contributed by atoms with Crippen molar-refractivity contribution in [1.82, 2.24) is 9.55 Å². The van der Waals surface area contributed by atoms with E-state index < -0.39 is 0 Å². The molecule has 0 radical (unpaired) electrons. The number of carbonyl (C=O) groups excluding carboxylic acids is 1. The predicted molar refractivity (Wildman–Crippen MR) is 115 cm³/mol. The van der Waals surface area contributed by atoms with Crippen LogP contribution in [0.4, 0.5) is 11.6 Å². The number of benzene rings is 2. The molecule has 1 amide bonds. The van der Waals surface area contributed by atoms with E-state index in [4.69, 9.17) is 4.98 Å². The molecule has 5 nitrogen and oxygen atoms in total. The third-order valence-electron chi connectivity index (χ3n) is 5.55. The molecule has 4 rings (SSSR count). The summed E-state index contributed by atoms with van der Waals surface area (Å²) < 4.78 is 2.32. The Kier molecular flexibility index (Phi) is 5.33. The molecule has 1 aromatic heterocycles. The largest absolute Gasteiger partial charge is 0.342 e. The second kappa shape index (κ2) is 8.05. The van der Waals surface area contributed by atoms with Gasteiger partial charge in [0.1, 0.15) is 0 Å². The van der Waals surface area contributed by atoms with Crippen LogP contribution < -0.4 is 10.2 Å². The van der Waals surface area contributed by atoms with Crippen LogP contribution in [0.3, 0.4) is 0 Å². The average molecular weight is 377 g/mol. The highest BCUT2D eigenvalue weighted by Gasteiger charge is 2.27. The Bertz CT molecular complexity index is 952. The van der Waals surface area contributed by atoms with Gasteiger partial charge in [0.25, 0.3) is 0 Å². The lowest BCUT2D eigenvalue weighted by Gasteiger charge is -2.32. The number of hydrogen-bond donors (Lipinski definition) is 1. The first-order chi connectivity index (χ1) is 13.7. The number of para-hydroxylation sites is 2. The third-order valence-corrected chi connectivity index (χ3v) is 5.55. The van der Waals surface area contributed by atoms with E-state index in [0.717, 1.165) is 56.0 Å². The zero-order valence-corrected chi connectivity index (χ0v) is 16.7. The van der Waals surface area contributed by atoms with Gasteiger partial charge >= 0.3 is 0 Å². The minimum atomic E-state index is 0.0570. The van der Waals surface area contributed by atoms with Gasteiger partial charge in [0.05, 0.1) is 11.0 Å². The maximum Gasteiger partial charge on any atom is 0.227 e. The van der Waals surface area contributed by atoms with E-state index in [1.54, 1.807) is 0 Å². The summed E-state index contributed by atoms with van der Waals surface area (Å²) in [6, 6.07) is 16.3. The first-order valence-electron chi connectivity index (χ1n) is 10.2. The van der Waals surface area contributed by atoms with Gasteiger partial charge in [-0.05, 0) is 50.5 Å². The van der Waals surface area contributed by atoms with Gasteiger partial charge in [0, 0.05) is 31.2 Å². The second-order valence-corrected chi connectivity index (χ2v) is 7.67. The Labute approximate surface area is 166 Å². The molecule has 0 atom stereocenters. The van der Waals surface area contributed by atoms with Crippen LogP contribution in [0.5, 0.6) is 0 Å². The zero-order valence-electron chi connectivity index (χ0n) is 16.7. The second-order valence-electron chi connectivity index (χ2n) is 7.67. The molecule has 0 spiro atoms. The van der Waals surface area contributed by atoms with Gasteiger partial charge in [-0.2, -0.15) is 0 Å². The Hall–Kier alpha value is -2.82. The van der Waals surface area contributed by atoms with Gasteiger partial charge in [0.15, 0.2) is 0 Å². The van der Waals surface area contributed by atoms with Crippen molar-refractivity contribution in [2.75, 3.05) is 23.3 Å². The third kappa shape index (κ3) is 3.75. The van der Waals surface area contributed by atoms with Gasteiger partial charge in [-0.15, -0.1) is 0 Å². The number of fused-ring (bicyclic) bond motifs is 1. The summed E-state index contributed by atoms with van der Waals surface area (Å²) in [6.07, 6.45) is 2.78. The van der Waals surface area contributed by atoms with Gasteiger partial charge < -0.3 is 14.8 Å². The Balaban J connectivity index is 1.44. The van der Waals surface area contributed by atoms with E-state index in [1.165, 1.54) is 11.1 Å². The standard InChI is InChI=1S/C23H28N4O/c1-3-14-27-21-7-5-4-6-20(21)25-23(27)26-15-12-18(13-16-26)22(28)24-19-10-8-17(2)9-11-19/h4-11,18H,3,12-16H2,1-2H3,(H,24,28). The Morgan fingerprint density at radius 3 is 2.54 bits per heavy atom. The van der Waals surface area contributed by atoms with Gasteiger partial charge in [0.2, 0.25) is 11.9 Å². The van der Waals surface area contributed by atoms with Crippen molar-refractivity contribution >= 4 is 28.6 Å². The van der Waals surface area contributed by atoms with Crippen LogP contribution in [0.15, 0.2) is 48.5 Å². The van der Waals surface area contributed by atoms with E-state index in [9.17, 15) is 4.79 Å². The molecule has 1 saturated heterocycles. The first-order valence-corrected chi connectivity index (χ1v) is 10.2. The van der Waals surface area contributed by atoms with Gasteiger partial charge in [-0.3, -0.25) is 4.79 Å². The number of piperidine rings is 1. The number of anilines is 2. The summed E-state index contributed by atoms with van der Waals surface area (Å²) in [4.78, 5) is 19.9. The minimum absolute atomic E-state index is 0.0570. The lowest BCUT2D eigenvalue weighted by Crippen LogP contribution is -2.39. The number of hydrogen-bond acceptors (Lipinski definition) is 3. The van der Waals surface area contributed by atoms with Crippen molar-refractivity contribution in [2.45, 2.75) is 39.7 Å². The van der Waals surface area contributed by atoms with Crippen molar-refractivity contribution in [1.29, 1.82) is 0 Å². The van der Waals surface area contributed by atoms with Crippen LogP contribution >= 0.6 is 0 Å². The Morgan fingerprint density at radius 2 is 1.82 bits per heavy atom. The number of nitrogens with zero attached hydrogens (tertiary/aromatic N) is 3. The van der Waals surface area contributed by atoms with Crippen LogP contribution in [-0.4, -0.2) is 28.5 Å². The lowest BCUT2D eigenvalue weighted by atomic mass is 9.96. The van der Waals surface area contributed by atoms with Crippen LogP contribution in [0, 0.1) is 12.8 Å². The van der Waals surface area contributed by atoms with Crippen LogP contribution in [0.1, 0.15) is 31.7 Å². The van der Waals surface area contributed by atoms with Crippen molar-refractivity contribution < 1.29 is 4.79 Å². The molecule has 5 heteroatoms. The minimum Gasteiger partial charge on any atom is -0.342 e. The molecule has 0 unspecified atom stereocenters. The summed E-state index contributed by atoms with van der Waals surface area (Å²) in [5.74, 6) is 1.23. The lowest BCUT2D eigenvalue weighted by molar-refractivity contribution is -0.120. The summed E-state index contributed by atoms with van der Waals surface area (Å²) in [7, 11) is 0. The molecular formula is C23H28N4O. The smallest absolute Gasteiger partial charge is 0.227 e. The number of imidazole rings is 1. The van der Waals surface area contributed by atoms with Crippen molar-refractivity contribution in [3.8, 4) is 0 Å². The number of aromatic nitrogens is 2. The molecule has 146 valence electrons. The highest BCUT2D eigenvalue weighted by molar-refractivity contribution is 5.92. The first kappa shape index (κ1) is 18.5. The number of rotatable bonds is 5. The molecule has 1 N–H and O–H groups in total. The Morgan fingerprint density at radius 1 is 1.11 bits per heavy atom. The van der Waals surface area contributed by atoms with E-state index in [2.05, 4.69) is 39.9 Å². The molecule has 0 saturated carbocycles. The van der Waals surface area contributed by atoms with E-state index in [1.807, 2.05) is 37.3 Å². The molecule has 0 bridgehead atoms. The number of amides is 1. The zero-order chi connectivity index (χ0) is 19.5. The summed E-state index contributed by atoms with van der Waals surface area (Å²) >= 11 is 0. The van der Waals surface area contributed by atoms with Crippen molar-refractivity contribution in [2.24, 2.45) is 5.92 Å². The highest BCUT2D eigenvalue weighted by Crippen LogP contribution is 2.28. The fourth-order valence-electron chi connectivity index (χ4n) is 3.97. The summed E-state index contributed by atoms with van der Waals surface area (Å²) in [5.41, 5.74) is 4.31. The molecular weight excluding hydrogens is 348 g/mol. The highest BCUT2D eigenvalue weighted by atomic mass is 16.1. The average Bonchev–Trinajstić information content (AvgIpc) is 3.09. The molecule has 3 aromatic rings. The van der Waals surface area contributed by atoms with Crippen molar-refractivity contribution in [3.05, 3.63) is 54.1 Å². The molecule has 1 aliphatic rings. The summed E-state index contributed by atoms with van der Waals surface area (Å²) in [5, 5.41) is 3.07. The normalized spacial score (nSPS) is 15.1. The quantitative estimate of drug-likeness (QED) is 0.707. The molecule has 2 heterocycles. The number of nitrogens with one attached hydrogen (secondary N) is 1. The fourth-order valence-corrected chi connectivity index (χ4v) is 3.97. The van der Waals surface area contributed by atoms with Crippen LogP contribution in [0.25, 0.3) is 11.0 Å². The van der Waals surface area contributed by atoms with E-state index >= 15 is 0 Å². The van der Waals surface area contributed by atoms with E-state index in [0.29, 0.717) is 0 Å². The van der Waals surface area contributed by atoms with Crippen LogP contribution in [0.2, 0.25) is 0 Å². The summed E-state index contributed by atoms with van der Waals surface area (Å²) in [6.45, 7) is 6.93. The monoisotopic (exact) mass is 376 g/mol.